The molecule has 4 heteroatoms. The smallest absolute Gasteiger partial charge is 0.130 e. The van der Waals surface area contributed by atoms with Crippen molar-refractivity contribution in [1.29, 1.82) is 0 Å². The molecule has 0 unspecified atom stereocenters. The quantitative estimate of drug-likeness (QED) is 0.902. The fourth-order valence-corrected chi connectivity index (χ4v) is 2.07. The molecular weight excluding hydrogens is 250 g/mol. The number of aryl methyl sites for hydroxylation is 2. The van der Waals surface area contributed by atoms with Gasteiger partial charge in [-0.05, 0) is 32.4 Å². The molecule has 1 heterocycles. The van der Waals surface area contributed by atoms with Crippen LogP contribution in [0.5, 0.6) is 5.75 Å². The fourth-order valence-electron chi connectivity index (χ4n) is 2.07. The maximum absolute atomic E-state index is 5.43. The molecule has 0 fully saturated rings. The number of methoxy groups -OCH3 is 1. The van der Waals surface area contributed by atoms with Gasteiger partial charge in [-0.15, -0.1) is 0 Å². The summed E-state index contributed by atoms with van der Waals surface area (Å²) in [6.45, 7) is 7.00. The van der Waals surface area contributed by atoms with E-state index in [0.717, 1.165) is 41.6 Å². The van der Waals surface area contributed by atoms with Gasteiger partial charge in [-0.1, -0.05) is 18.6 Å². The summed E-state index contributed by atoms with van der Waals surface area (Å²) in [4.78, 5) is 8.94. The van der Waals surface area contributed by atoms with Crippen LogP contribution in [-0.2, 0) is 0 Å². The van der Waals surface area contributed by atoms with Crippen LogP contribution in [0.25, 0.3) is 11.3 Å². The highest BCUT2D eigenvalue weighted by molar-refractivity contribution is 5.70. The first-order valence-corrected chi connectivity index (χ1v) is 6.88. The van der Waals surface area contributed by atoms with Crippen LogP contribution in [0, 0.1) is 13.8 Å². The Hall–Kier alpha value is -2.10. The lowest BCUT2D eigenvalue weighted by molar-refractivity contribution is 0.416. The molecule has 1 N–H and O–H groups in total. The summed E-state index contributed by atoms with van der Waals surface area (Å²) in [5.74, 6) is 2.44. The van der Waals surface area contributed by atoms with Crippen molar-refractivity contribution in [2.45, 2.75) is 27.2 Å². The zero-order chi connectivity index (χ0) is 14.5. The van der Waals surface area contributed by atoms with Crippen molar-refractivity contribution in [2.24, 2.45) is 0 Å². The molecule has 4 nitrogen and oxygen atoms in total. The van der Waals surface area contributed by atoms with E-state index in [9.17, 15) is 0 Å². The van der Waals surface area contributed by atoms with Crippen LogP contribution in [-0.4, -0.2) is 23.6 Å². The van der Waals surface area contributed by atoms with Crippen LogP contribution in [0.1, 0.15) is 24.7 Å². The van der Waals surface area contributed by atoms with E-state index in [1.807, 2.05) is 25.1 Å². The van der Waals surface area contributed by atoms with Crippen LogP contribution < -0.4 is 10.1 Å². The van der Waals surface area contributed by atoms with Gasteiger partial charge >= 0.3 is 0 Å². The molecule has 2 aromatic rings. The van der Waals surface area contributed by atoms with Gasteiger partial charge in [-0.25, -0.2) is 9.97 Å². The van der Waals surface area contributed by atoms with Gasteiger partial charge in [-0.2, -0.15) is 0 Å². The molecule has 2 rings (SSSR count). The Morgan fingerprint density at radius 2 is 1.95 bits per heavy atom. The lowest BCUT2D eigenvalue weighted by Gasteiger charge is -2.11. The van der Waals surface area contributed by atoms with E-state index in [4.69, 9.17) is 4.74 Å². The van der Waals surface area contributed by atoms with Crippen LogP contribution in [0.3, 0.4) is 0 Å². The maximum atomic E-state index is 5.43. The summed E-state index contributed by atoms with van der Waals surface area (Å²) in [5, 5.41) is 3.31. The van der Waals surface area contributed by atoms with Crippen LogP contribution in [0.15, 0.2) is 24.3 Å². The second kappa shape index (κ2) is 6.37. The lowest BCUT2D eigenvalue weighted by atomic mass is 10.1. The summed E-state index contributed by atoms with van der Waals surface area (Å²) in [6, 6.07) is 8.07. The van der Waals surface area contributed by atoms with Gasteiger partial charge < -0.3 is 10.1 Å². The highest BCUT2D eigenvalue weighted by atomic mass is 16.5. The number of anilines is 1. The summed E-state index contributed by atoms with van der Waals surface area (Å²) >= 11 is 0. The average molecular weight is 271 g/mol. The third kappa shape index (κ3) is 3.26. The van der Waals surface area contributed by atoms with Crippen LogP contribution in [0.2, 0.25) is 0 Å². The highest BCUT2D eigenvalue weighted by Crippen LogP contribution is 2.30. The number of hydrogen-bond donors (Lipinski definition) is 1. The van der Waals surface area contributed by atoms with E-state index in [0.29, 0.717) is 0 Å². The number of rotatable bonds is 5. The molecular formula is C16H21N3O. The monoisotopic (exact) mass is 271 g/mol. The minimum absolute atomic E-state index is 0.754. The Labute approximate surface area is 120 Å². The van der Waals surface area contributed by atoms with Crippen molar-refractivity contribution in [3.63, 3.8) is 0 Å². The Bertz CT molecular complexity index is 596. The first kappa shape index (κ1) is 14.3. The van der Waals surface area contributed by atoms with E-state index in [1.165, 1.54) is 5.56 Å². The SMILES string of the molecule is CCCNc1cc(-c2cc(C)ccc2OC)nc(C)n1. The molecule has 1 aromatic heterocycles. The zero-order valence-electron chi connectivity index (χ0n) is 12.5. The first-order valence-electron chi connectivity index (χ1n) is 6.88. The Balaban J connectivity index is 2.46. The number of nitrogens with one attached hydrogen (secondary N) is 1. The van der Waals surface area contributed by atoms with Crippen LogP contribution in [0.4, 0.5) is 5.82 Å². The molecule has 20 heavy (non-hydrogen) atoms. The van der Waals surface area contributed by atoms with Crippen molar-refractivity contribution in [2.75, 3.05) is 19.0 Å². The molecule has 106 valence electrons. The molecule has 0 amide bonds. The predicted octanol–water partition coefficient (Wildman–Crippen LogP) is 3.59. The average Bonchev–Trinajstić information content (AvgIpc) is 2.44. The van der Waals surface area contributed by atoms with Crippen molar-refractivity contribution >= 4 is 5.82 Å². The number of benzene rings is 1. The summed E-state index contributed by atoms with van der Waals surface area (Å²) in [7, 11) is 1.68. The highest BCUT2D eigenvalue weighted by Gasteiger charge is 2.10. The Kier molecular flexibility index (Phi) is 4.56. The third-order valence-corrected chi connectivity index (χ3v) is 3.02. The molecule has 0 atom stereocenters. The van der Waals surface area contributed by atoms with Crippen LogP contribution >= 0.6 is 0 Å². The molecule has 0 spiro atoms. The van der Waals surface area contributed by atoms with Crippen molar-refractivity contribution < 1.29 is 4.74 Å². The summed E-state index contributed by atoms with van der Waals surface area (Å²) < 4.78 is 5.43. The van der Waals surface area contributed by atoms with Crippen molar-refractivity contribution in [1.82, 2.24) is 9.97 Å². The molecule has 0 radical (unpaired) electrons. The Morgan fingerprint density at radius 3 is 2.65 bits per heavy atom. The van der Waals surface area contributed by atoms with Gasteiger partial charge in [0.15, 0.2) is 0 Å². The molecule has 0 aliphatic heterocycles. The van der Waals surface area contributed by atoms with Gasteiger partial charge in [0.1, 0.15) is 17.4 Å². The standard InChI is InChI=1S/C16H21N3O/c1-5-8-17-16-10-14(18-12(3)19-16)13-9-11(2)6-7-15(13)20-4/h6-7,9-10H,5,8H2,1-4H3,(H,17,18,19). The Morgan fingerprint density at radius 1 is 1.15 bits per heavy atom. The fraction of sp³-hybridized carbons (Fsp3) is 0.375. The minimum atomic E-state index is 0.754. The van der Waals surface area contributed by atoms with Gasteiger partial charge in [-0.3, -0.25) is 0 Å². The second-order valence-electron chi connectivity index (χ2n) is 4.82. The topological polar surface area (TPSA) is 47.0 Å². The number of hydrogen-bond acceptors (Lipinski definition) is 4. The minimum Gasteiger partial charge on any atom is -0.496 e. The maximum Gasteiger partial charge on any atom is 0.130 e. The lowest BCUT2D eigenvalue weighted by Crippen LogP contribution is -2.04. The normalized spacial score (nSPS) is 10.4. The van der Waals surface area contributed by atoms with E-state index in [2.05, 4.69) is 35.2 Å². The predicted molar refractivity (Wildman–Crippen MR) is 82.3 cm³/mol. The van der Waals surface area contributed by atoms with Crippen molar-refractivity contribution in [3.05, 3.63) is 35.7 Å². The van der Waals surface area contributed by atoms with E-state index < -0.39 is 0 Å². The van der Waals surface area contributed by atoms with E-state index in [1.54, 1.807) is 7.11 Å². The summed E-state index contributed by atoms with van der Waals surface area (Å²) in [6.07, 6.45) is 1.06. The third-order valence-electron chi connectivity index (χ3n) is 3.02. The van der Waals surface area contributed by atoms with E-state index in [-0.39, 0.29) is 0 Å². The number of ether oxygens (including phenoxy) is 1. The molecule has 0 aliphatic carbocycles. The molecule has 0 saturated carbocycles. The van der Waals surface area contributed by atoms with Gasteiger partial charge in [0.2, 0.25) is 0 Å². The van der Waals surface area contributed by atoms with Gasteiger partial charge in [0.25, 0.3) is 0 Å². The molecule has 0 aliphatic rings. The van der Waals surface area contributed by atoms with Gasteiger partial charge in [0.05, 0.1) is 12.8 Å². The number of nitrogens with zero attached hydrogens (tertiary/aromatic N) is 2. The second-order valence-corrected chi connectivity index (χ2v) is 4.82. The molecule has 1 aromatic carbocycles. The van der Waals surface area contributed by atoms with Crippen molar-refractivity contribution in [3.8, 4) is 17.0 Å². The molecule has 0 saturated heterocycles. The zero-order valence-corrected chi connectivity index (χ0v) is 12.5. The number of aromatic nitrogens is 2. The summed E-state index contributed by atoms with van der Waals surface area (Å²) in [5.41, 5.74) is 3.06. The largest absolute Gasteiger partial charge is 0.496 e. The van der Waals surface area contributed by atoms with Gasteiger partial charge in [0, 0.05) is 18.2 Å². The molecule has 0 bridgehead atoms. The first-order chi connectivity index (χ1) is 9.63. The van der Waals surface area contributed by atoms with E-state index >= 15 is 0 Å².